The van der Waals surface area contributed by atoms with Gasteiger partial charge in [-0.05, 0) is 25.1 Å². The van der Waals surface area contributed by atoms with Crippen LogP contribution in [0, 0.1) is 0 Å². The third-order valence-corrected chi connectivity index (χ3v) is 3.11. The fourth-order valence-corrected chi connectivity index (χ4v) is 2.12. The van der Waals surface area contributed by atoms with E-state index in [1.165, 1.54) is 10.9 Å². The molecular weight excluding hydrogens is 287 g/mol. The van der Waals surface area contributed by atoms with Gasteiger partial charge in [-0.2, -0.15) is 5.10 Å². The Hall–Kier alpha value is -1.72. The number of nitrogens with zero attached hydrogens (tertiary/aromatic N) is 2. The smallest absolute Gasteiger partial charge is 0.276 e. The molecule has 1 aromatic heterocycles. The van der Waals surface area contributed by atoms with E-state index in [4.69, 9.17) is 28.9 Å². The van der Waals surface area contributed by atoms with E-state index in [1.807, 2.05) is 6.92 Å². The average molecular weight is 299 g/mol. The molecule has 5 nitrogen and oxygen atoms in total. The molecule has 0 aliphatic rings. The van der Waals surface area contributed by atoms with Crippen molar-refractivity contribution < 1.29 is 4.79 Å². The summed E-state index contributed by atoms with van der Waals surface area (Å²) in [5, 5.41) is 7.56. The summed E-state index contributed by atoms with van der Waals surface area (Å²) in [4.78, 5) is 12.2. The minimum absolute atomic E-state index is 0.313. The molecule has 0 saturated carbocycles. The normalized spacial score (nSPS) is 10.5. The van der Waals surface area contributed by atoms with Crippen LogP contribution in [0.3, 0.4) is 0 Å². The molecule has 100 valence electrons. The Bertz CT molecular complexity index is 624. The van der Waals surface area contributed by atoms with Crippen LogP contribution < -0.4 is 11.1 Å². The molecule has 1 aromatic carbocycles. The molecule has 0 unspecified atom stereocenters. The molecule has 1 heterocycles. The van der Waals surface area contributed by atoms with Crippen LogP contribution in [0.5, 0.6) is 0 Å². The van der Waals surface area contributed by atoms with Crippen molar-refractivity contribution in [3.05, 3.63) is 40.1 Å². The second kappa shape index (κ2) is 5.50. The maximum absolute atomic E-state index is 12.2. The van der Waals surface area contributed by atoms with Gasteiger partial charge >= 0.3 is 0 Å². The lowest BCUT2D eigenvalue weighted by molar-refractivity contribution is 0.101. The first-order valence-electron chi connectivity index (χ1n) is 5.60. The summed E-state index contributed by atoms with van der Waals surface area (Å²) in [6, 6.07) is 4.83. The van der Waals surface area contributed by atoms with Crippen molar-refractivity contribution in [2.75, 3.05) is 11.1 Å². The number of aryl methyl sites for hydroxylation is 1. The minimum atomic E-state index is -0.360. The van der Waals surface area contributed by atoms with Crippen molar-refractivity contribution in [1.82, 2.24) is 9.78 Å². The number of halogens is 2. The van der Waals surface area contributed by atoms with Gasteiger partial charge in [-0.25, -0.2) is 0 Å². The molecule has 0 aliphatic carbocycles. The van der Waals surface area contributed by atoms with Crippen LogP contribution in [0.25, 0.3) is 0 Å². The van der Waals surface area contributed by atoms with Crippen LogP contribution in [0.2, 0.25) is 10.0 Å². The number of carbonyl (C=O) groups is 1. The molecule has 7 heteroatoms. The number of carbonyl (C=O) groups excluding carboxylic acids is 1. The fourth-order valence-electron chi connectivity index (χ4n) is 1.66. The Kier molecular flexibility index (Phi) is 3.97. The van der Waals surface area contributed by atoms with Gasteiger partial charge in [0.05, 0.1) is 22.6 Å². The van der Waals surface area contributed by atoms with Crippen molar-refractivity contribution in [1.29, 1.82) is 0 Å². The first-order valence-corrected chi connectivity index (χ1v) is 6.36. The van der Waals surface area contributed by atoms with E-state index in [0.717, 1.165) is 0 Å². The van der Waals surface area contributed by atoms with Gasteiger partial charge in [0.25, 0.3) is 5.91 Å². The first-order chi connectivity index (χ1) is 9.02. The molecule has 1 amide bonds. The van der Waals surface area contributed by atoms with Crippen LogP contribution in [0.15, 0.2) is 24.4 Å². The molecule has 0 aliphatic heterocycles. The van der Waals surface area contributed by atoms with Gasteiger partial charge in [-0.3, -0.25) is 9.48 Å². The number of benzene rings is 1. The Morgan fingerprint density at radius 3 is 2.84 bits per heavy atom. The predicted molar refractivity (Wildman–Crippen MR) is 76.7 cm³/mol. The zero-order chi connectivity index (χ0) is 14.0. The van der Waals surface area contributed by atoms with Crippen molar-refractivity contribution in [2.45, 2.75) is 13.5 Å². The molecule has 0 atom stereocenters. The van der Waals surface area contributed by atoms with E-state index in [2.05, 4.69) is 10.4 Å². The highest BCUT2D eigenvalue weighted by molar-refractivity contribution is 6.36. The van der Waals surface area contributed by atoms with Crippen LogP contribution in [0.4, 0.5) is 11.4 Å². The fraction of sp³-hybridized carbons (Fsp3) is 0.167. The van der Waals surface area contributed by atoms with Gasteiger partial charge in [0.2, 0.25) is 0 Å². The summed E-state index contributed by atoms with van der Waals surface area (Å²) in [5.74, 6) is -0.360. The topological polar surface area (TPSA) is 72.9 Å². The van der Waals surface area contributed by atoms with Crippen molar-refractivity contribution in [2.24, 2.45) is 0 Å². The van der Waals surface area contributed by atoms with Crippen LogP contribution >= 0.6 is 23.2 Å². The Morgan fingerprint density at radius 2 is 2.21 bits per heavy atom. The zero-order valence-electron chi connectivity index (χ0n) is 10.2. The molecule has 19 heavy (non-hydrogen) atoms. The van der Waals surface area contributed by atoms with Crippen LogP contribution in [-0.2, 0) is 6.54 Å². The van der Waals surface area contributed by atoms with E-state index >= 15 is 0 Å². The van der Waals surface area contributed by atoms with Gasteiger partial charge in [-0.15, -0.1) is 0 Å². The first kappa shape index (κ1) is 13.7. The van der Waals surface area contributed by atoms with E-state index in [-0.39, 0.29) is 5.91 Å². The average Bonchev–Trinajstić information content (AvgIpc) is 2.74. The van der Waals surface area contributed by atoms with Gasteiger partial charge in [-0.1, -0.05) is 23.2 Å². The number of aromatic nitrogens is 2. The third-order valence-electron chi connectivity index (χ3n) is 2.56. The summed E-state index contributed by atoms with van der Waals surface area (Å²) in [7, 11) is 0. The second-order valence-corrected chi connectivity index (χ2v) is 4.69. The number of amides is 1. The van der Waals surface area contributed by atoms with E-state index in [1.54, 1.807) is 18.2 Å². The lowest BCUT2D eigenvalue weighted by atomic mass is 10.3. The molecule has 0 spiro atoms. The summed E-state index contributed by atoms with van der Waals surface area (Å²) in [6.45, 7) is 2.42. The third kappa shape index (κ3) is 2.83. The number of rotatable bonds is 3. The molecule has 0 fully saturated rings. The SMILES string of the molecule is CCn1ncc(N)c1C(=O)Nc1ccc(Cl)cc1Cl. The number of hydrogen-bond donors (Lipinski definition) is 2. The van der Waals surface area contributed by atoms with E-state index in [9.17, 15) is 4.79 Å². The number of anilines is 2. The number of nitrogens with two attached hydrogens (primary N) is 1. The lowest BCUT2D eigenvalue weighted by Gasteiger charge is -2.09. The van der Waals surface area contributed by atoms with Crippen LogP contribution in [0.1, 0.15) is 17.4 Å². The Morgan fingerprint density at radius 1 is 1.47 bits per heavy atom. The van der Waals surface area contributed by atoms with Gasteiger partial charge in [0, 0.05) is 11.6 Å². The largest absolute Gasteiger partial charge is 0.396 e. The second-order valence-electron chi connectivity index (χ2n) is 3.84. The number of hydrogen-bond acceptors (Lipinski definition) is 3. The van der Waals surface area contributed by atoms with Crippen molar-refractivity contribution in [3.8, 4) is 0 Å². The molecule has 0 saturated heterocycles. The lowest BCUT2D eigenvalue weighted by Crippen LogP contribution is -2.19. The molecule has 2 rings (SSSR count). The Balaban J connectivity index is 2.28. The van der Waals surface area contributed by atoms with Gasteiger partial charge in [0.1, 0.15) is 5.69 Å². The molecule has 3 N–H and O–H groups in total. The minimum Gasteiger partial charge on any atom is -0.396 e. The maximum Gasteiger partial charge on any atom is 0.276 e. The molecular formula is C12H12Cl2N4O. The quantitative estimate of drug-likeness (QED) is 0.915. The standard InChI is InChI=1S/C12H12Cl2N4O/c1-2-18-11(9(15)6-16-18)12(19)17-10-4-3-7(13)5-8(10)14/h3-6H,2,15H2,1H3,(H,17,19). The van der Waals surface area contributed by atoms with Gasteiger partial charge < -0.3 is 11.1 Å². The highest BCUT2D eigenvalue weighted by Gasteiger charge is 2.17. The Labute approximate surface area is 120 Å². The molecule has 0 radical (unpaired) electrons. The number of nitrogens with one attached hydrogen (secondary N) is 1. The maximum atomic E-state index is 12.2. The summed E-state index contributed by atoms with van der Waals surface area (Å²) >= 11 is 11.8. The molecule has 2 aromatic rings. The predicted octanol–water partition coefficient (Wildman–Crippen LogP) is 3.04. The highest BCUT2D eigenvalue weighted by atomic mass is 35.5. The van der Waals surface area contributed by atoms with Crippen molar-refractivity contribution in [3.63, 3.8) is 0 Å². The van der Waals surface area contributed by atoms with Crippen LogP contribution in [-0.4, -0.2) is 15.7 Å². The summed E-state index contributed by atoms with van der Waals surface area (Å²) in [5.41, 5.74) is 6.84. The summed E-state index contributed by atoms with van der Waals surface area (Å²) < 4.78 is 1.52. The van der Waals surface area contributed by atoms with E-state index < -0.39 is 0 Å². The van der Waals surface area contributed by atoms with E-state index in [0.29, 0.717) is 33.7 Å². The highest BCUT2D eigenvalue weighted by Crippen LogP contribution is 2.26. The van der Waals surface area contributed by atoms with Gasteiger partial charge in [0.15, 0.2) is 0 Å². The zero-order valence-corrected chi connectivity index (χ0v) is 11.7. The molecule has 0 bridgehead atoms. The number of nitrogen functional groups attached to an aromatic ring is 1. The summed E-state index contributed by atoms with van der Waals surface area (Å²) in [6.07, 6.45) is 1.45. The monoisotopic (exact) mass is 298 g/mol. The van der Waals surface area contributed by atoms with Crippen molar-refractivity contribution >= 4 is 40.5 Å².